The van der Waals surface area contributed by atoms with Crippen molar-refractivity contribution >= 4 is 17.7 Å². The van der Waals surface area contributed by atoms with Crippen molar-refractivity contribution in [2.24, 2.45) is 0 Å². The van der Waals surface area contributed by atoms with Gasteiger partial charge in [0.2, 0.25) is 0 Å². The van der Waals surface area contributed by atoms with E-state index in [0.29, 0.717) is 17.0 Å². The van der Waals surface area contributed by atoms with Gasteiger partial charge in [-0.3, -0.25) is 4.79 Å². The molecule has 0 spiro atoms. The van der Waals surface area contributed by atoms with E-state index in [-0.39, 0.29) is 0 Å². The summed E-state index contributed by atoms with van der Waals surface area (Å²) in [7, 11) is 1.40. The molecule has 7 nitrogen and oxygen atoms in total. The monoisotopic (exact) mass is 249 g/mol. The predicted molar refractivity (Wildman–Crippen MR) is 62.4 cm³/mol. The Morgan fingerprint density at radius 3 is 2.78 bits per heavy atom. The van der Waals surface area contributed by atoms with Crippen molar-refractivity contribution in [3.8, 4) is 11.8 Å². The maximum atomic E-state index is 11.3. The highest BCUT2D eigenvalue weighted by molar-refractivity contribution is 5.92. The molecular weight excluding hydrogens is 238 g/mol. The van der Waals surface area contributed by atoms with E-state index in [1.165, 1.54) is 25.3 Å². The van der Waals surface area contributed by atoms with Crippen LogP contribution in [0.25, 0.3) is 0 Å². The van der Waals surface area contributed by atoms with Crippen molar-refractivity contribution in [1.29, 1.82) is 5.26 Å². The molecule has 0 bridgehead atoms. The van der Waals surface area contributed by atoms with Crippen molar-refractivity contribution < 1.29 is 19.4 Å². The zero-order chi connectivity index (χ0) is 13.5. The van der Waals surface area contributed by atoms with E-state index in [4.69, 9.17) is 15.1 Å². The topological polar surface area (TPSA) is 111 Å². The van der Waals surface area contributed by atoms with Crippen LogP contribution < -0.4 is 15.4 Å². The molecule has 0 saturated carbocycles. The summed E-state index contributed by atoms with van der Waals surface area (Å²) in [6, 6.07) is 5.74. The van der Waals surface area contributed by atoms with Gasteiger partial charge in [-0.2, -0.15) is 5.26 Å². The van der Waals surface area contributed by atoms with Gasteiger partial charge >= 0.3 is 12.0 Å². The number of nitrogens with one attached hydrogen (secondary N) is 2. The number of carbonyl (C=O) groups is 2. The van der Waals surface area contributed by atoms with E-state index in [1.54, 1.807) is 0 Å². The van der Waals surface area contributed by atoms with Gasteiger partial charge in [-0.05, 0) is 12.1 Å². The number of nitrogens with zero attached hydrogens (tertiary/aromatic N) is 1. The van der Waals surface area contributed by atoms with E-state index in [0.717, 1.165) is 0 Å². The van der Waals surface area contributed by atoms with Gasteiger partial charge in [0.1, 0.15) is 12.3 Å². The Morgan fingerprint density at radius 2 is 2.22 bits per heavy atom. The lowest BCUT2D eigenvalue weighted by Gasteiger charge is -2.10. The number of benzene rings is 1. The van der Waals surface area contributed by atoms with Crippen LogP contribution in [-0.4, -0.2) is 30.8 Å². The van der Waals surface area contributed by atoms with Crippen LogP contribution in [0.4, 0.5) is 10.5 Å². The largest absolute Gasteiger partial charge is 0.495 e. The molecule has 94 valence electrons. The fourth-order valence-electron chi connectivity index (χ4n) is 1.19. The minimum absolute atomic E-state index is 0.319. The third-order valence-electron chi connectivity index (χ3n) is 1.98. The van der Waals surface area contributed by atoms with Crippen LogP contribution in [0.5, 0.6) is 5.75 Å². The third kappa shape index (κ3) is 3.68. The molecule has 3 N–H and O–H groups in total. The van der Waals surface area contributed by atoms with Gasteiger partial charge in [-0.25, -0.2) is 4.79 Å². The minimum Gasteiger partial charge on any atom is -0.495 e. The molecule has 2 amide bonds. The number of anilines is 1. The second-order valence-corrected chi connectivity index (χ2v) is 3.23. The number of carboxylic acids is 1. The molecule has 1 aromatic rings. The first-order chi connectivity index (χ1) is 8.56. The first-order valence-corrected chi connectivity index (χ1v) is 4.91. The molecular formula is C11H11N3O4. The fourth-order valence-corrected chi connectivity index (χ4v) is 1.19. The van der Waals surface area contributed by atoms with Crippen molar-refractivity contribution in [2.45, 2.75) is 0 Å². The molecule has 0 heterocycles. The molecule has 1 aromatic carbocycles. The Bertz CT molecular complexity index is 508. The molecule has 0 fully saturated rings. The first-order valence-electron chi connectivity index (χ1n) is 4.91. The summed E-state index contributed by atoms with van der Waals surface area (Å²) in [4.78, 5) is 21.6. The number of ether oxygens (including phenoxy) is 1. The minimum atomic E-state index is -1.14. The summed E-state index contributed by atoms with van der Waals surface area (Å²) in [5, 5.41) is 21.7. The number of carboxylic acid groups (broad SMARTS) is 1. The second-order valence-electron chi connectivity index (χ2n) is 3.23. The van der Waals surface area contributed by atoms with Crippen molar-refractivity contribution in [1.82, 2.24) is 5.32 Å². The first kappa shape index (κ1) is 13.3. The summed E-state index contributed by atoms with van der Waals surface area (Å²) in [6.07, 6.45) is 0. The van der Waals surface area contributed by atoms with Crippen molar-refractivity contribution in [3.05, 3.63) is 23.8 Å². The Hall–Kier alpha value is -2.75. The second kappa shape index (κ2) is 6.10. The maximum Gasteiger partial charge on any atom is 0.323 e. The van der Waals surface area contributed by atoms with Gasteiger partial charge in [-0.15, -0.1) is 0 Å². The molecule has 18 heavy (non-hydrogen) atoms. The lowest BCUT2D eigenvalue weighted by Crippen LogP contribution is -2.33. The third-order valence-corrected chi connectivity index (χ3v) is 1.98. The molecule has 0 unspecified atom stereocenters. The van der Waals surface area contributed by atoms with Crippen LogP contribution in [0.15, 0.2) is 18.2 Å². The molecule has 0 saturated heterocycles. The number of carbonyl (C=O) groups excluding carboxylic acids is 1. The summed E-state index contributed by atoms with van der Waals surface area (Å²) in [6.45, 7) is -0.482. The van der Waals surface area contributed by atoms with E-state index < -0.39 is 18.5 Å². The standard InChI is InChI=1S/C11H11N3O4/c1-18-9-4-7(5-12)2-3-8(9)14-11(17)13-6-10(15)16/h2-4H,6H2,1H3,(H,15,16)(H2,13,14,17). The van der Waals surface area contributed by atoms with E-state index in [2.05, 4.69) is 10.6 Å². The van der Waals surface area contributed by atoms with Gasteiger partial charge in [0.25, 0.3) is 0 Å². The fraction of sp³-hybridized carbons (Fsp3) is 0.182. The van der Waals surface area contributed by atoms with E-state index in [1.807, 2.05) is 6.07 Å². The van der Waals surface area contributed by atoms with Crippen LogP contribution in [0.2, 0.25) is 0 Å². The molecule has 1 rings (SSSR count). The Kier molecular flexibility index (Phi) is 4.51. The van der Waals surface area contributed by atoms with Gasteiger partial charge in [0.05, 0.1) is 24.4 Å². The van der Waals surface area contributed by atoms with Crippen LogP contribution in [0.1, 0.15) is 5.56 Å². The Morgan fingerprint density at radius 1 is 1.50 bits per heavy atom. The summed E-state index contributed by atoms with van der Waals surface area (Å²) < 4.78 is 5.00. The van der Waals surface area contributed by atoms with E-state index >= 15 is 0 Å². The average Bonchev–Trinajstić information content (AvgIpc) is 2.36. The SMILES string of the molecule is COc1cc(C#N)ccc1NC(=O)NCC(=O)O. The van der Waals surface area contributed by atoms with Gasteiger partial charge < -0.3 is 20.5 Å². The van der Waals surface area contributed by atoms with Gasteiger partial charge in [-0.1, -0.05) is 0 Å². The molecule has 0 aliphatic rings. The average molecular weight is 249 g/mol. The summed E-state index contributed by atoms with van der Waals surface area (Å²) >= 11 is 0. The van der Waals surface area contributed by atoms with E-state index in [9.17, 15) is 9.59 Å². The highest BCUT2D eigenvalue weighted by Crippen LogP contribution is 2.25. The van der Waals surface area contributed by atoms with Crippen LogP contribution in [0, 0.1) is 11.3 Å². The van der Waals surface area contributed by atoms with Crippen LogP contribution in [0.3, 0.4) is 0 Å². The molecule has 0 aliphatic carbocycles. The van der Waals surface area contributed by atoms with Gasteiger partial charge in [0.15, 0.2) is 0 Å². The zero-order valence-electron chi connectivity index (χ0n) is 9.56. The maximum absolute atomic E-state index is 11.3. The molecule has 0 aromatic heterocycles. The van der Waals surface area contributed by atoms with Crippen LogP contribution in [-0.2, 0) is 4.79 Å². The van der Waals surface area contributed by atoms with Gasteiger partial charge in [0, 0.05) is 6.07 Å². The number of amides is 2. The number of aliphatic carboxylic acids is 1. The van der Waals surface area contributed by atoms with Crippen LogP contribution >= 0.6 is 0 Å². The lowest BCUT2D eigenvalue weighted by molar-refractivity contribution is -0.135. The highest BCUT2D eigenvalue weighted by atomic mass is 16.5. The highest BCUT2D eigenvalue weighted by Gasteiger charge is 2.09. The Balaban J connectivity index is 2.75. The Labute approximate surface area is 103 Å². The number of hydrogen-bond acceptors (Lipinski definition) is 4. The molecule has 0 atom stereocenters. The smallest absolute Gasteiger partial charge is 0.323 e. The van der Waals surface area contributed by atoms with Crippen molar-refractivity contribution in [3.63, 3.8) is 0 Å². The number of nitriles is 1. The quantitative estimate of drug-likeness (QED) is 0.729. The molecule has 0 radical (unpaired) electrons. The summed E-state index contributed by atoms with van der Waals surface area (Å²) in [5.74, 6) is -0.823. The number of methoxy groups -OCH3 is 1. The normalized spacial score (nSPS) is 9.11. The number of urea groups is 1. The molecule has 0 aliphatic heterocycles. The molecule has 7 heteroatoms. The summed E-state index contributed by atoms with van der Waals surface area (Å²) in [5.41, 5.74) is 0.739. The zero-order valence-corrected chi connectivity index (χ0v) is 9.56. The van der Waals surface area contributed by atoms with Crippen molar-refractivity contribution in [2.75, 3.05) is 19.0 Å². The predicted octanol–water partition coefficient (Wildman–Crippen LogP) is 0.773. The lowest BCUT2D eigenvalue weighted by atomic mass is 10.2. The number of rotatable bonds is 4. The number of hydrogen-bond donors (Lipinski definition) is 3.